The minimum absolute atomic E-state index is 0.0509. The summed E-state index contributed by atoms with van der Waals surface area (Å²) in [6, 6.07) is 18.2. The maximum absolute atomic E-state index is 10.5. The molecule has 1 aliphatic heterocycles. The van der Waals surface area contributed by atoms with Crippen LogP contribution in [0, 0.1) is 0 Å². The zero-order valence-corrected chi connectivity index (χ0v) is 17.9. The Hall–Kier alpha value is -2.96. The number of hydrogen-bond donors (Lipinski definition) is 1. The maximum Gasteiger partial charge on any atom is 0.243 e. The molecule has 0 radical (unpaired) electrons. The van der Waals surface area contributed by atoms with Crippen LogP contribution in [0.1, 0.15) is 35.7 Å². The number of nitrogens with zero attached hydrogens (tertiary/aromatic N) is 5. The highest BCUT2D eigenvalue weighted by molar-refractivity contribution is 6.30. The van der Waals surface area contributed by atoms with E-state index in [9.17, 15) is 5.11 Å². The Bertz CT molecular complexity index is 1190. The molecule has 4 aromatic rings. The molecule has 2 aromatic heterocycles. The van der Waals surface area contributed by atoms with Crippen molar-refractivity contribution in [3.63, 3.8) is 0 Å². The van der Waals surface area contributed by atoms with Crippen molar-refractivity contribution in [2.24, 2.45) is 0 Å². The van der Waals surface area contributed by atoms with E-state index in [1.165, 1.54) is 5.56 Å². The van der Waals surface area contributed by atoms with Gasteiger partial charge in [0, 0.05) is 24.0 Å². The van der Waals surface area contributed by atoms with Crippen LogP contribution in [0.5, 0.6) is 5.88 Å². The molecule has 5 rings (SSSR count). The molecule has 0 bridgehead atoms. The molecule has 3 heterocycles. The van der Waals surface area contributed by atoms with E-state index in [2.05, 4.69) is 39.1 Å². The molecule has 1 unspecified atom stereocenters. The van der Waals surface area contributed by atoms with Crippen molar-refractivity contribution in [1.29, 1.82) is 0 Å². The van der Waals surface area contributed by atoms with Gasteiger partial charge in [-0.15, -0.1) is 0 Å². The molecule has 1 atom stereocenters. The third-order valence-electron chi connectivity index (χ3n) is 5.82. The van der Waals surface area contributed by atoms with Gasteiger partial charge in [0.1, 0.15) is 5.82 Å². The van der Waals surface area contributed by atoms with Gasteiger partial charge in [0.2, 0.25) is 5.88 Å². The highest BCUT2D eigenvalue weighted by atomic mass is 35.5. The number of benzene rings is 2. The van der Waals surface area contributed by atoms with Crippen molar-refractivity contribution in [3.8, 4) is 5.88 Å². The van der Waals surface area contributed by atoms with E-state index in [1.54, 1.807) is 6.33 Å². The van der Waals surface area contributed by atoms with Gasteiger partial charge in [-0.1, -0.05) is 54.1 Å². The van der Waals surface area contributed by atoms with Crippen molar-refractivity contribution in [2.75, 3.05) is 13.1 Å². The second-order valence-corrected chi connectivity index (χ2v) is 8.58. The van der Waals surface area contributed by atoms with E-state index >= 15 is 0 Å². The van der Waals surface area contributed by atoms with Crippen LogP contribution in [-0.4, -0.2) is 42.6 Å². The fraction of sp³-hybridized carbons (Fsp3) is 0.292. The van der Waals surface area contributed by atoms with Gasteiger partial charge in [-0.2, -0.15) is 4.98 Å². The largest absolute Gasteiger partial charge is 0.492 e. The number of imidazole rings is 1. The summed E-state index contributed by atoms with van der Waals surface area (Å²) in [5, 5.41) is 11.2. The van der Waals surface area contributed by atoms with Gasteiger partial charge in [0.05, 0.1) is 12.9 Å². The van der Waals surface area contributed by atoms with Gasteiger partial charge in [0.15, 0.2) is 11.2 Å². The molecule has 158 valence electrons. The van der Waals surface area contributed by atoms with Crippen molar-refractivity contribution >= 4 is 22.8 Å². The molecule has 2 aromatic carbocycles. The van der Waals surface area contributed by atoms with Crippen molar-refractivity contribution in [3.05, 3.63) is 82.9 Å². The number of hydrogen-bond acceptors (Lipinski definition) is 5. The fourth-order valence-corrected chi connectivity index (χ4v) is 4.54. The second kappa shape index (κ2) is 8.65. The first-order chi connectivity index (χ1) is 15.2. The van der Waals surface area contributed by atoms with Crippen molar-refractivity contribution < 1.29 is 5.11 Å². The Morgan fingerprint density at radius 3 is 2.68 bits per heavy atom. The molecule has 0 saturated carbocycles. The number of aromatic nitrogens is 4. The molecule has 0 amide bonds. The lowest BCUT2D eigenvalue weighted by Crippen LogP contribution is -2.34. The third-order valence-corrected chi connectivity index (χ3v) is 6.06. The lowest BCUT2D eigenvalue weighted by atomic mass is 9.96. The second-order valence-electron chi connectivity index (χ2n) is 8.14. The predicted molar refractivity (Wildman–Crippen MR) is 121 cm³/mol. The summed E-state index contributed by atoms with van der Waals surface area (Å²) in [4.78, 5) is 16.1. The zero-order chi connectivity index (χ0) is 21.2. The quantitative estimate of drug-likeness (QED) is 0.497. The van der Waals surface area contributed by atoms with Gasteiger partial charge in [0.25, 0.3) is 0 Å². The predicted octanol–water partition coefficient (Wildman–Crippen LogP) is 4.61. The van der Waals surface area contributed by atoms with Gasteiger partial charge < -0.3 is 9.67 Å². The van der Waals surface area contributed by atoms with E-state index in [0.717, 1.165) is 38.0 Å². The molecule has 6 nitrogen and oxygen atoms in total. The molecule has 0 spiro atoms. The molecule has 1 aliphatic rings. The SMILES string of the molecule is Oc1nc(C2CCCN(Cc3ccccc3)C2)nc2c1ncn2Cc1cccc(Cl)c1. The van der Waals surface area contributed by atoms with E-state index in [1.807, 2.05) is 34.9 Å². The number of aromatic hydroxyl groups is 1. The van der Waals surface area contributed by atoms with Crippen LogP contribution in [0.25, 0.3) is 11.2 Å². The lowest BCUT2D eigenvalue weighted by molar-refractivity contribution is 0.196. The van der Waals surface area contributed by atoms with Crippen LogP contribution < -0.4 is 0 Å². The third kappa shape index (κ3) is 4.40. The van der Waals surface area contributed by atoms with Crippen molar-refractivity contribution in [1.82, 2.24) is 24.4 Å². The number of rotatable bonds is 5. The smallest absolute Gasteiger partial charge is 0.243 e. The molecular weight excluding hydrogens is 410 g/mol. The summed E-state index contributed by atoms with van der Waals surface area (Å²) in [6.07, 6.45) is 3.80. The van der Waals surface area contributed by atoms with Gasteiger partial charge in [-0.05, 0) is 42.6 Å². The number of likely N-dealkylation sites (tertiary alicyclic amines) is 1. The highest BCUT2D eigenvalue weighted by Crippen LogP contribution is 2.29. The Balaban J connectivity index is 1.40. The molecule has 1 N–H and O–H groups in total. The zero-order valence-electron chi connectivity index (χ0n) is 17.2. The summed E-state index contributed by atoms with van der Waals surface area (Å²) in [7, 11) is 0. The molecule has 31 heavy (non-hydrogen) atoms. The Labute approximate surface area is 186 Å². The average molecular weight is 434 g/mol. The van der Waals surface area contributed by atoms with Crippen LogP contribution in [-0.2, 0) is 13.1 Å². The Morgan fingerprint density at radius 2 is 1.84 bits per heavy atom. The molecule has 0 aliphatic carbocycles. The number of halogens is 1. The number of fused-ring (bicyclic) bond motifs is 1. The highest BCUT2D eigenvalue weighted by Gasteiger charge is 2.25. The average Bonchev–Trinajstić information content (AvgIpc) is 3.18. The first-order valence-corrected chi connectivity index (χ1v) is 11.0. The Morgan fingerprint density at radius 1 is 1.00 bits per heavy atom. The summed E-state index contributed by atoms with van der Waals surface area (Å²) in [5.41, 5.74) is 3.45. The Kier molecular flexibility index (Phi) is 5.57. The van der Waals surface area contributed by atoms with Gasteiger partial charge in [-0.25, -0.2) is 9.97 Å². The first kappa shape index (κ1) is 20.0. The van der Waals surface area contributed by atoms with Crippen LogP contribution in [0.4, 0.5) is 0 Å². The van der Waals surface area contributed by atoms with Crippen LogP contribution in [0.3, 0.4) is 0 Å². The van der Waals surface area contributed by atoms with Crippen LogP contribution in [0.15, 0.2) is 60.9 Å². The first-order valence-electron chi connectivity index (χ1n) is 10.6. The molecular formula is C24H24ClN5O. The summed E-state index contributed by atoms with van der Waals surface area (Å²) >= 11 is 6.13. The molecule has 1 fully saturated rings. The summed E-state index contributed by atoms with van der Waals surface area (Å²) in [6.45, 7) is 3.44. The fourth-order valence-electron chi connectivity index (χ4n) is 4.33. The van der Waals surface area contributed by atoms with Gasteiger partial charge >= 0.3 is 0 Å². The minimum Gasteiger partial charge on any atom is -0.492 e. The van der Waals surface area contributed by atoms with Crippen LogP contribution >= 0.6 is 11.6 Å². The topological polar surface area (TPSA) is 67.1 Å². The van der Waals surface area contributed by atoms with E-state index in [-0.39, 0.29) is 11.8 Å². The van der Waals surface area contributed by atoms with E-state index in [0.29, 0.717) is 28.6 Å². The number of piperidine rings is 1. The van der Waals surface area contributed by atoms with Gasteiger partial charge in [-0.3, -0.25) is 4.90 Å². The maximum atomic E-state index is 10.5. The monoisotopic (exact) mass is 433 g/mol. The normalized spacial score (nSPS) is 17.3. The molecule has 7 heteroatoms. The van der Waals surface area contributed by atoms with E-state index in [4.69, 9.17) is 16.6 Å². The van der Waals surface area contributed by atoms with E-state index < -0.39 is 0 Å². The minimum atomic E-state index is -0.0509. The molecule has 1 saturated heterocycles. The summed E-state index contributed by atoms with van der Waals surface area (Å²) in [5.74, 6) is 0.822. The summed E-state index contributed by atoms with van der Waals surface area (Å²) < 4.78 is 1.94. The van der Waals surface area contributed by atoms with Crippen LogP contribution in [0.2, 0.25) is 5.02 Å². The lowest BCUT2D eigenvalue weighted by Gasteiger charge is -2.32. The standard InChI is InChI=1S/C24H24ClN5O/c25-20-10-4-8-18(12-20)14-30-16-26-21-23(30)27-22(28-24(21)31)19-9-5-11-29(15-19)13-17-6-2-1-3-7-17/h1-4,6-8,10,12,16,19H,5,9,11,13-15H2,(H,27,28,31). The van der Waals surface area contributed by atoms with Crippen molar-refractivity contribution in [2.45, 2.75) is 31.8 Å².